The molecule has 2 aromatic rings. The van der Waals surface area contributed by atoms with Crippen LogP contribution in [0.2, 0.25) is 0 Å². The van der Waals surface area contributed by atoms with Crippen LogP contribution >= 0.6 is 0 Å². The number of carbonyl (C=O) groups excluding carboxylic acids is 2. The molecule has 0 spiro atoms. The van der Waals surface area contributed by atoms with Crippen molar-refractivity contribution in [3.05, 3.63) is 35.2 Å². The summed E-state index contributed by atoms with van der Waals surface area (Å²) < 4.78 is 5.14. The largest absolute Gasteiger partial charge is 0.337 e. The Morgan fingerprint density at radius 3 is 2.97 bits per heavy atom. The highest BCUT2D eigenvalue weighted by Crippen LogP contribution is 2.22. The Hall–Kier alpha value is -2.97. The number of hydrogen-bond donors (Lipinski definition) is 2. The standard InChI is InChI=1S/C20H26N6O3/c1-13-22-18(29-25-13)12-26-9-5-4-8-17(19(26)27)24-20(28)23-15-10-14-6-2-3-7-16(14)21-11-15/h10-11,17H,2-9,12H2,1H3,(H2,23,24,28). The maximum atomic E-state index is 12.9. The van der Waals surface area contributed by atoms with E-state index in [1.54, 1.807) is 18.0 Å². The van der Waals surface area contributed by atoms with E-state index in [1.807, 2.05) is 6.07 Å². The average Bonchev–Trinajstić information content (AvgIpc) is 3.05. The van der Waals surface area contributed by atoms with Crippen LogP contribution in [0, 0.1) is 6.92 Å². The number of carbonyl (C=O) groups is 2. The molecule has 9 nitrogen and oxygen atoms in total. The molecule has 1 aliphatic carbocycles. The number of pyridine rings is 1. The molecule has 0 saturated carbocycles. The smallest absolute Gasteiger partial charge is 0.319 e. The zero-order valence-corrected chi connectivity index (χ0v) is 16.6. The number of fused-ring (bicyclic) bond motifs is 1. The molecule has 4 rings (SSSR count). The number of likely N-dealkylation sites (tertiary alicyclic amines) is 1. The van der Waals surface area contributed by atoms with Gasteiger partial charge in [0, 0.05) is 12.2 Å². The number of hydrogen-bond acceptors (Lipinski definition) is 6. The monoisotopic (exact) mass is 398 g/mol. The van der Waals surface area contributed by atoms with E-state index >= 15 is 0 Å². The summed E-state index contributed by atoms with van der Waals surface area (Å²) in [5.74, 6) is 0.813. The molecule has 3 amide bonds. The summed E-state index contributed by atoms with van der Waals surface area (Å²) in [4.78, 5) is 35.7. The second kappa shape index (κ2) is 8.59. The topological polar surface area (TPSA) is 113 Å². The molecule has 2 aliphatic rings. The van der Waals surface area contributed by atoms with Crippen molar-refractivity contribution in [2.24, 2.45) is 0 Å². The molecular weight excluding hydrogens is 372 g/mol. The summed E-state index contributed by atoms with van der Waals surface area (Å²) in [5, 5.41) is 9.41. The molecular formula is C20H26N6O3. The highest BCUT2D eigenvalue weighted by molar-refractivity contribution is 5.93. The molecule has 0 bridgehead atoms. The van der Waals surface area contributed by atoms with E-state index in [4.69, 9.17) is 4.52 Å². The van der Waals surface area contributed by atoms with Gasteiger partial charge in [-0.1, -0.05) is 5.16 Å². The third kappa shape index (κ3) is 4.72. The molecule has 1 atom stereocenters. The number of nitrogens with one attached hydrogen (secondary N) is 2. The molecule has 2 aromatic heterocycles. The quantitative estimate of drug-likeness (QED) is 0.817. The second-order valence-electron chi connectivity index (χ2n) is 7.68. The maximum Gasteiger partial charge on any atom is 0.319 e. The fraction of sp³-hybridized carbons (Fsp3) is 0.550. The van der Waals surface area contributed by atoms with Gasteiger partial charge in [-0.2, -0.15) is 4.98 Å². The summed E-state index contributed by atoms with van der Waals surface area (Å²) in [6.07, 6.45) is 8.31. The van der Waals surface area contributed by atoms with Gasteiger partial charge in [-0.25, -0.2) is 4.79 Å². The predicted octanol–water partition coefficient (Wildman–Crippen LogP) is 2.35. The lowest BCUT2D eigenvalue weighted by molar-refractivity contribution is -0.133. The first-order chi connectivity index (χ1) is 14.1. The lowest BCUT2D eigenvalue weighted by Gasteiger charge is -2.23. The van der Waals surface area contributed by atoms with Gasteiger partial charge >= 0.3 is 6.03 Å². The van der Waals surface area contributed by atoms with Crippen LogP contribution in [0.3, 0.4) is 0 Å². The van der Waals surface area contributed by atoms with Crippen molar-refractivity contribution in [2.45, 2.75) is 64.5 Å². The molecule has 154 valence electrons. The number of rotatable bonds is 4. The number of urea groups is 1. The van der Waals surface area contributed by atoms with Gasteiger partial charge in [0.05, 0.1) is 11.9 Å². The Bertz CT molecular complexity index is 896. The Morgan fingerprint density at radius 1 is 1.28 bits per heavy atom. The van der Waals surface area contributed by atoms with E-state index in [-0.39, 0.29) is 12.5 Å². The summed E-state index contributed by atoms with van der Waals surface area (Å²) in [6.45, 7) is 2.60. The molecule has 3 heterocycles. The first-order valence-electron chi connectivity index (χ1n) is 10.2. The van der Waals surface area contributed by atoms with Crippen molar-refractivity contribution in [1.29, 1.82) is 0 Å². The van der Waals surface area contributed by atoms with Crippen molar-refractivity contribution >= 4 is 17.6 Å². The minimum Gasteiger partial charge on any atom is -0.337 e. The number of aromatic nitrogens is 3. The highest BCUT2D eigenvalue weighted by atomic mass is 16.5. The number of aryl methyl sites for hydroxylation is 3. The van der Waals surface area contributed by atoms with Crippen LogP contribution in [-0.4, -0.2) is 44.5 Å². The van der Waals surface area contributed by atoms with Crippen molar-refractivity contribution in [3.63, 3.8) is 0 Å². The predicted molar refractivity (Wildman–Crippen MR) is 105 cm³/mol. The van der Waals surface area contributed by atoms with Crippen molar-refractivity contribution in [2.75, 3.05) is 11.9 Å². The van der Waals surface area contributed by atoms with Crippen LogP contribution in [-0.2, 0) is 24.2 Å². The number of nitrogens with zero attached hydrogens (tertiary/aromatic N) is 4. The summed E-state index contributed by atoms with van der Waals surface area (Å²) in [5.41, 5.74) is 2.97. The molecule has 0 aromatic carbocycles. The lowest BCUT2D eigenvalue weighted by Crippen LogP contribution is -2.48. The number of anilines is 1. The lowest BCUT2D eigenvalue weighted by atomic mass is 9.96. The molecule has 29 heavy (non-hydrogen) atoms. The third-order valence-electron chi connectivity index (χ3n) is 5.41. The van der Waals surface area contributed by atoms with Crippen LogP contribution in [0.1, 0.15) is 55.1 Å². The fourth-order valence-electron chi connectivity index (χ4n) is 3.95. The van der Waals surface area contributed by atoms with Crippen LogP contribution in [0.25, 0.3) is 0 Å². The Kier molecular flexibility index (Phi) is 5.73. The van der Waals surface area contributed by atoms with Gasteiger partial charge < -0.3 is 20.1 Å². The minimum absolute atomic E-state index is 0.128. The second-order valence-corrected chi connectivity index (χ2v) is 7.68. The van der Waals surface area contributed by atoms with Crippen LogP contribution in [0.5, 0.6) is 0 Å². The first-order valence-corrected chi connectivity index (χ1v) is 10.2. The van der Waals surface area contributed by atoms with Crippen molar-refractivity contribution in [1.82, 2.24) is 25.3 Å². The van der Waals surface area contributed by atoms with Crippen LogP contribution < -0.4 is 10.6 Å². The molecule has 2 N–H and O–H groups in total. The summed E-state index contributed by atoms with van der Waals surface area (Å²) >= 11 is 0. The van der Waals surface area contributed by atoms with E-state index in [1.165, 1.54) is 5.56 Å². The van der Waals surface area contributed by atoms with E-state index < -0.39 is 12.1 Å². The summed E-state index contributed by atoms with van der Waals surface area (Å²) in [6, 6.07) is 1.02. The van der Waals surface area contributed by atoms with E-state index in [2.05, 4.69) is 25.8 Å². The molecule has 9 heteroatoms. The van der Waals surface area contributed by atoms with Crippen molar-refractivity contribution in [3.8, 4) is 0 Å². The zero-order valence-electron chi connectivity index (χ0n) is 16.6. The van der Waals surface area contributed by atoms with Gasteiger partial charge in [0.15, 0.2) is 5.82 Å². The van der Waals surface area contributed by atoms with Gasteiger partial charge in [-0.15, -0.1) is 0 Å². The Balaban J connectivity index is 1.38. The van der Waals surface area contributed by atoms with E-state index in [0.29, 0.717) is 30.4 Å². The molecule has 1 fully saturated rings. The molecule has 1 aliphatic heterocycles. The Morgan fingerprint density at radius 2 is 2.14 bits per heavy atom. The maximum absolute atomic E-state index is 12.9. The normalized spacial score (nSPS) is 19.4. The van der Waals surface area contributed by atoms with Gasteiger partial charge in [-0.05, 0) is 63.5 Å². The van der Waals surface area contributed by atoms with Crippen molar-refractivity contribution < 1.29 is 14.1 Å². The van der Waals surface area contributed by atoms with E-state index in [0.717, 1.165) is 44.2 Å². The average molecular weight is 398 g/mol. The third-order valence-corrected chi connectivity index (χ3v) is 5.41. The fourth-order valence-corrected chi connectivity index (χ4v) is 3.95. The van der Waals surface area contributed by atoms with Gasteiger partial charge in [0.1, 0.15) is 12.6 Å². The highest BCUT2D eigenvalue weighted by Gasteiger charge is 2.29. The zero-order chi connectivity index (χ0) is 20.2. The molecule has 1 saturated heterocycles. The SMILES string of the molecule is Cc1noc(CN2CCCCC(NC(=O)Nc3cnc4c(c3)CCCC4)C2=O)n1. The summed E-state index contributed by atoms with van der Waals surface area (Å²) in [7, 11) is 0. The number of amides is 3. The minimum atomic E-state index is -0.577. The van der Waals surface area contributed by atoms with Gasteiger partial charge in [-0.3, -0.25) is 9.78 Å². The molecule has 0 radical (unpaired) electrons. The first kappa shape index (κ1) is 19.4. The molecule has 1 unspecified atom stereocenters. The van der Waals surface area contributed by atoms with Gasteiger partial charge in [0.2, 0.25) is 11.8 Å². The Labute approximate surface area is 169 Å². The van der Waals surface area contributed by atoms with Crippen LogP contribution in [0.15, 0.2) is 16.8 Å². The van der Waals surface area contributed by atoms with Gasteiger partial charge in [0.25, 0.3) is 0 Å². The van der Waals surface area contributed by atoms with Crippen LogP contribution in [0.4, 0.5) is 10.5 Å². The van der Waals surface area contributed by atoms with E-state index in [9.17, 15) is 9.59 Å².